The Morgan fingerprint density at radius 3 is 2.81 bits per heavy atom. The summed E-state index contributed by atoms with van der Waals surface area (Å²) in [6.45, 7) is 1.30. The topological polar surface area (TPSA) is 123 Å². The molecule has 1 heterocycles. The summed E-state index contributed by atoms with van der Waals surface area (Å²) in [4.78, 5) is 23.1. The summed E-state index contributed by atoms with van der Waals surface area (Å²) in [5, 5.41) is 5.83. The van der Waals surface area contributed by atoms with Gasteiger partial charge in [-0.1, -0.05) is 6.07 Å². The zero-order valence-corrected chi connectivity index (χ0v) is 15.8. The molecule has 26 heavy (non-hydrogen) atoms. The molecule has 1 saturated heterocycles. The number of halogens is 1. The van der Waals surface area contributed by atoms with Gasteiger partial charge in [0.05, 0.1) is 25.2 Å². The first-order valence-electron chi connectivity index (χ1n) is 7.68. The molecule has 11 heteroatoms. The van der Waals surface area contributed by atoms with Crippen LogP contribution in [0, 0.1) is 0 Å². The molecule has 1 fully saturated rings. The average Bonchev–Trinajstić information content (AvgIpc) is 2.60. The fraction of sp³-hybridized carbons (Fsp3) is 0.467. The molecular formula is C15H22ClN3O6S. The Kier molecular flexibility index (Phi) is 8.96. The number of hydrogen-bond acceptors (Lipinski definition) is 7. The monoisotopic (exact) mass is 407 g/mol. The second-order valence-corrected chi connectivity index (χ2v) is 7.17. The number of esters is 1. The minimum Gasteiger partial charge on any atom is -0.468 e. The molecule has 1 amide bonds. The first kappa shape index (κ1) is 22.3. The molecular weight excluding hydrogens is 386 g/mol. The standard InChI is InChI=1S/C15H21N3O6S.ClH/c1-23-15(20)9-17-25(21,22)13-4-2-3-11(7-13)18-14(19)8-12-10-24-6-5-16-12;/h2-4,7,12,16-17H,5-6,8-10H2,1H3,(H,18,19);1H. The van der Waals surface area contributed by atoms with E-state index in [0.717, 1.165) is 0 Å². The highest BCUT2D eigenvalue weighted by Crippen LogP contribution is 2.16. The number of carbonyl (C=O) groups is 2. The molecule has 3 N–H and O–H groups in total. The van der Waals surface area contributed by atoms with Gasteiger partial charge in [0.1, 0.15) is 6.54 Å². The van der Waals surface area contributed by atoms with Gasteiger partial charge in [0.25, 0.3) is 0 Å². The lowest BCUT2D eigenvalue weighted by atomic mass is 10.2. The van der Waals surface area contributed by atoms with Gasteiger partial charge in [0, 0.05) is 24.7 Å². The number of carbonyl (C=O) groups excluding carboxylic acids is 2. The number of anilines is 1. The Morgan fingerprint density at radius 1 is 1.38 bits per heavy atom. The summed E-state index contributed by atoms with van der Waals surface area (Å²) in [5.41, 5.74) is 0.350. The molecule has 0 aromatic heterocycles. The Bertz CT molecular complexity index is 722. The Morgan fingerprint density at radius 2 is 2.15 bits per heavy atom. The van der Waals surface area contributed by atoms with Crippen LogP contribution in [0.25, 0.3) is 0 Å². The summed E-state index contributed by atoms with van der Waals surface area (Å²) in [7, 11) is -2.72. The van der Waals surface area contributed by atoms with E-state index in [9.17, 15) is 18.0 Å². The van der Waals surface area contributed by atoms with Crippen LogP contribution in [0.4, 0.5) is 5.69 Å². The Balaban J connectivity index is 0.00000338. The van der Waals surface area contributed by atoms with E-state index in [0.29, 0.717) is 25.4 Å². The molecule has 1 atom stereocenters. The second-order valence-electron chi connectivity index (χ2n) is 5.41. The highest BCUT2D eigenvalue weighted by atomic mass is 35.5. The van der Waals surface area contributed by atoms with Crippen molar-refractivity contribution in [1.82, 2.24) is 10.0 Å². The van der Waals surface area contributed by atoms with Crippen molar-refractivity contribution in [2.45, 2.75) is 17.4 Å². The van der Waals surface area contributed by atoms with Crippen molar-refractivity contribution >= 4 is 40.0 Å². The highest BCUT2D eigenvalue weighted by Gasteiger charge is 2.19. The van der Waals surface area contributed by atoms with Crippen molar-refractivity contribution in [3.8, 4) is 0 Å². The number of morpholine rings is 1. The predicted octanol–water partition coefficient (Wildman–Crippen LogP) is -0.123. The van der Waals surface area contributed by atoms with E-state index in [4.69, 9.17) is 4.74 Å². The molecule has 1 aliphatic heterocycles. The normalized spacial score (nSPS) is 17.0. The van der Waals surface area contributed by atoms with Gasteiger partial charge in [-0.15, -0.1) is 12.4 Å². The van der Waals surface area contributed by atoms with Crippen LogP contribution in [0.5, 0.6) is 0 Å². The van der Waals surface area contributed by atoms with Gasteiger partial charge < -0.3 is 20.1 Å². The number of hydrogen-bond donors (Lipinski definition) is 3. The Hall–Kier alpha value is -1.72. The zero-order chi connectivity index (χ0) is 18.3. The maximum absolute atomic E-state index is 12.1. The number of sulfonamides is 1. The van der Waals surface area contributed by atoms with Crippen molar-refractivity contribution in [3.05, 3.63) is 24.3 Å². The molecule has 0 radical (unpaired) electrons. The van der Waals surface area contributed by atoms with Crippen LogP contribution in [-0.2, 0) is 29.1 Å². The third-order valence-electron chi connectivity index (χ3n) is 3.49. The predicted molar refractivity (Wildman–Crippen MR) is 96.8 cm³/mol. The molecule has 0 bridgehead atoms. The van der Waals surface area contributed by atoms with Crippen LogP contribution < -0.4 is 15.4 Å². The molecule has 1 aromatic carbocycles. The lowest BCUT2D eigenvalue weighted by Crippen LogP contribution is -2.43. The third kappa shape index (κ3) is 6.89. The van der Waals surface area contributed by atoms with E-state index in [1.807, 2.05) is 0 Å². The summed E-state index contributed by atoms with van der Waals surface area (Å²) in [5.74, 6) is -0.949. The van der Waals surface area contributed by atoms with Crippen LogP contribution >= 0.6 is 12.4 Å². The minimum absolute atomic E-state index is 0. The lowest BCUT2D eigenvalue weighted by Gasteiger charge is -2.23. The van der Waals surface area contributed by atoms with E-state index in [-0.39, 0.29) is 35.7 Å². The number of benzene rings is 1. The van der Waals surface area contributed by atoms with E-state index in [2.05, 4.69) is 20.1 Å². The van der Waals surface area contributed by atoms with Gasteiger partial charge in [-0.2, -0.15) is 4.72 Å². The summed E-state index contributed by atoms with van der Waals surface area (Å²) in [6.07, 6.45) is 0.220. The third-order valence-corrected chi connectivity index (χ3v) is 4.89. The van der Waals surface area contributed by atoms with Gasteiger partial charge in [-0.05, 0) is 18.2 Å². The van der Waals surface area contributed by atoms with Crippen molar-refractivity contribution < 1.29 is 27.5 Å². The lowest BCUT2D eigenvalue weighted by molar-refractivity contribution is -0.139. The van der Waals surface area contributed by atoms with Crippen LogP contribution in [0.2, 0.25) is 0 Å². The SMILES string of the molecule is COC(=O)CNS(=O)(=O)c1cccc(NC(=O)CC2COCCN2)c1.Cl. The first-order chi connectivity index (χ1) is 11.9. The maximum atomic E-state index is 12.1. The van der Waals surface area contributed by atoms with Gasteiger partial charge in [-0.3, -0.25) is 9.59 Å². The summed E-state index contributed by atoms with van der Waals surface area (Å²) in [6, 6.07) is 5.71. The number of methoxy groups -OCH3 is 1. The molecule has 146 valence electrons. The second kappa shape index (κ2) is 10.4. The minimum atomic E-state index is -3.89. The van der Waals surface area contributed by atoms with E-state index < -0.39 is 22.5 Å². The van der Waals surface area contributed by atoms with E-state index in [1.54, 1.807) is 6.07 Å². The van der Waals surface area contributed by atoms with Crippen molar-refractivity contribution in [2.75, 3.05) is 38.7 Å². The smallest absolute Gasteiger partial charge is 0.320 e. The maximum Gasteiger partial charge on any atom is 0.320 e. The average molecular weight is 408 g/mol. The summed E-state index contributed by atoms with van der Waals surface area (Å²) < 4.78 is 36.1. The molecule has 1 unspecified atom stereocenters. The van der Waals surface area contributed by atoms with Crippen molar-refractivity contribution in [1.29, 1.82) is 0 Å². The molecule has 1 aromatic rings. The van der Waals surface area contributed by atoms with Crippen LogP contribution in [-0.4, -0.2) is 59.7 Å². The molecule has 0 aliphatic carbocycles. The van der Waals surface area contributed by atoms with Crippen molar-refractivity contribution in [2.24, 2.45) is 0 Å². The molecule has 9 nitrogen and oxygen atoms in total. The largest absolute Gasteiger partial charge is 0.468 e. The van der Waals surface area contributed by atoms with Crippen LogP contribution in [0.15, 0.2) is 29.2 Å². The van der Waals surface area contributed by atoms with Crippen molar-refractivity contribution in [3.63, 3.8) is 0 Å². The first-order valence-corrected chi connectivity index (χ1v) is 9.16. The van der Waals surface area contributed by atoms with Crippen LogP contribution in [0.3, 0.4) is 0 Å². The molecule has 2 rings (SSSR count). The summed E-state index contributed by atoms with van der Waals surface area (Å²) >= 11 is 0. The Labute approximate surface area is 158 Å². The van der Waals surface area contributed by atoms with Gasteiger partial charge in [-0.25, -0.2) is 8.42 Å². The van der Waals surface area contributed by atoms with Gasteiger partial charge >= 0.3 is 5.97 Å². The molecule has 1 aliphatic rings. The number of amides is 1. The highest BCUT2D eigenvalue weighted by molar-refractivity contribution is 7.89. The van der Waals surface area contributed by atoms with Gasteiger partial charge in [0.2, 0.25) is 15.9 Å². The van der Waals surface area contributed by atoms with Crippen LogP contribution in [0.1, 0.15) is 6.42 Å². The zero-order valence-electron chi connectivity index (χ0n) is 14.2. The number of rotatable bonds is 7. The molecule has 0 saturated carbocycles. The quantitative estimate of drug-likeness (QED) is 0.538. The van der Waals surface area contributed by atoms with Gasteiger partial charge in [0.15, 0.2) is 0 Å². The molecule has 0 spiro atoms. The van der Waals surface area contributed by atoms with E-state index >= 15 is 0 Å². The fourth-order valence-electron chi connectivity index (χ4n) is 2.24. The fourth-order valence-corrected chi connectivity index (χ4v) is 3.25. The number of nitrogens with one attached hydrogen (secondary N) is 3. The number of ether oxygens (including phenoxy) is 2. The van der Waals surface area contributed by atoms with E-state index in [1.165, 1.54) is 25.3 Å².